The van der Waals surface area contributed by atoms with Crippen LogP contribution in [0.1, 0.15) is 12.5 Å². The first kappa shape index (κ1) is 13.2. The molecule has 3 nitrogen and oxygen atoms in total. The van der Waals surface area contributed by atoms with Crippen LogP contribution in [0.5, 0.6) is 0 Å². The second-order valence-electron chi connectivity index (χ2n) is 3.18. The van der Waals surface area contributed by atoms with Gasteiger partial charge in [-0.3, -0.25) is 4.79 Å². The smallest absolute Gasteiger partial charge is 0.305 e. The zero-order valence-corrected chi connectivity index (χ0v) is 11.1. The summed E-state index contributed by atoms with van der Waals surface area (Å²) >= 11 is 1.98. The van der Waals surface area contributed by atoms with Crippen LogP contribution in [0.3, 0.4) is 0 Å². The molecule has 0 aliphatic heterocycles. The fourth-order valence-corrected chi connectivity index (χ4v) is 1.39. The Morgan fingerprint density at radius 3 is 2.56 bits per heavy atom. The van der Waals surface area contributed by atoms with E-state index in [9.17, 15) is 4.79 Å². The van der Waals surface area contributed by atoms with Gasteiger partial charge in [-0.2, -0.15) is 0 Å². The predicted molar refractivity (Wildman–Crippen MR) is 69.9 cm³/mol. The van der Waals surface area contributed by atoms with E-state index < -0.39 is 6.29 Å². The van der Waals surface area contributed by atoms with Gasteiger partial charge in [-0.05, 0) is 28.2 Å². The van der Waals surface area contributed by atoms with Gasteiger partial charge in [-0.1, -0.05) is 36.9 Å². The molecule has 1 rings (SSSR count). The summed E-state index contributed by atoms with van der Waals surface area (Å²) in [6.45, 7) is 5.44. The number of halogens is 1. The molecule has 0 amide bonds. The summed E-state index contributed by atoms with van der Waals surface area (Å²) in [5, 5.41) is 0. The molecule has 86 valence electrons. The summed E-state index contributed by atoms with van der Waals surface area (Å²) in [6.07, 6.45) is -0.682. The lowest BCUT2D eigenvalue weighted by atomic mass is 10.2. The number of rotatable bonds is 5. The Bertz CT molecular complexity index is 362. The lowest BCUT2D eigenvalue weighted by Gasteiger charge is -2.16. The molecule has 0 N–H and O–H groups in total. The maximum absolute atomic E-state index is 10.8. The summed E-state index contributed by atoms with van der Waals surface area (Å²) in [4.78, 5) is 10.8. The van der Waals surface area contributed by atoms with E-state index in [-0.39, 0.29) is 5.97 Å². The quantitative estimate of drug-likeness (QED) is 0.472. The first-order chi connectivity index (χ1) is 7.59. The molecule has 0 fully saturated rings. The molecule has 0 aliphatic rings. The van der Waals surface area contributed by atoms with Crippen LogP contribution in [0, 0.1) is 0 Å². The lowest BCUT2D eigenvalue weighted by molar-refractivity contribution is -0.168. The number of hydrogen-bond acceptors (Lipinski definition) is 3. The summed E-state index contributed by atoms with van der Waals surface area (Å²) < 4.78 is 11.1. The molecule has 1 aromatic rings. The maximum atomic E-state index is 10.8. The third kappa shape index (κ3) is 4.76. The zero-order valence-electron chi connectivity index (χ0n) is 8.98. The van der Waals surface area contributed by atoms with Crippen molar-refractivity contribution >= 4 is 28.6 Å². The molecule has 0 aromatic heterocycles. The number of benzene rings is 1. The van der Waals surface area contributed by atoms with Gasteiger partial charge in [0.15, 0.2) is 0 Å². The monoisotopic (exact) mass is 332 g/mol. The third-order valence-electron chi connectivity index (χ3n) is 1.77. The molecule has 0 aliphatic carbocycles. The zero-order chi connectivity index (χ0) is 12.0. The number of carbonyl (C=O) groups is 1. The van der Waals surface area contributed by atoms with Crippen LogP contribution in [-0.4, -0.2) is 12.3 Å². The standard InChI is InChI=1S/C12H13IO3/c1-9(13)12(16-10(2)14)15-8-11-6-4-3-5-7-11/h3-7,12H,1,8H2,2H3. The van der Waals surface area contributed by atoms with Gasteiger partial charge >= 0.3 is 5.97 Å². The maximum Gasteiger partial charge on any atom is 0.305 e. The minimum Gasteiger partial charge on any atom is -0.431 e. The molecule has 0 saturated heterocycles. The van der Waals surface area contributed by atoms with E-state index >= 15 is 0 Å². The number of ether oxygens (including phenoxy) is 2. The van der Waals surface area contributed by atoms with E-state index in [4.69, 9.17) is 9.47 Å². The van der Waals surface area contributed by atoms with Crippen LogP contribution in [0.2, 0.25) is 0 Å². The van der Waals surface area contributed by atoms with Gasteiger partial charge < -0.3 is 9.47 Å². The molecule has 0 spiro atoms. The topological polar surface area (TPSA) is 35.5 Å². The minimum atomic E-state index is -0.682. The third-order valence-corrected chi connectivity index (χ3v) is 2.28. The number of esters is 1. The van der Waals surface area contributed by atoms with Gasteiger partial charge in [0.05, 0.1) is 10.2 Å². The highest BCUT2D eigenvalue weighted by atomic mass is 127. The van der Waals surface area contributed by atoms with Crippen molar-refractivity contribution in [3.63, 3.8) is 0 Å². The highest BCUT2D eigenvalue weighted by Gasteiger charge is 2.14. The Morgan fingerprint density at radius 2 is 2.06 bits per heavy atom. The van der Waals surface area contributed by atoms with Crippen molar-refractivity contribution in [3.05, 3.63) is 46.1 Å². The Kier molecular flexibility index (Phi) is 5.48. The van der Waals surface area contributed by atoms with E-state index in [1.165, 1.54) is 6.92 Å². The summed E-state index contributed by atoms with van der Waals surface area (Å²) in [7, 11) is 0. The largest absolute Gasteiger partial charge is 0.431 e. The summed E-state index contributed by atoms with van der Waals surface area (Å²) in [5.74, 6) is -0.379. The summed E-state index contributed by atoms with van der Waals surface area (Å²) in [5.41, 5.74) is 1.03. The second-order valence-corrected chi connectivity index (χ2v) is 4.57. The SMILES string of the molecule is C=C(I)C(OCc1ccccc1)OC(C)=O. The molecule has 0 saturated carbocycles. The fraction of sp³-hybridized carbons (Fsp3) is 0.250. The first-order valence-corrected chi connectivity index (χ1v) is 5.84. The van der Waals surface area contributed by atoms with Crippen molar-refractivity contribution in [1.29, 1.82) is 0 Å². The number of carbonyl (C=O) groups excluding carboxylic acids is 1. The Balaban J connectivity index is 2.50. The van der Waals surface area contributed by atoms with E-state index in [2.05, 4.69) is 6.58 Å². The van der Waals surface area contributed by atoms with Crippen LogP contribution < -0.4 is 0 Å². The Hall–Kier alpha value is -0.880. The van der Waals surface area contributed by atoms with Crippen LogP contribution in [0.4, 0.5) is 0 Å². The van der Waals surface area contributed by atoms with Crippen molar-refractivity contribution in [2.75, 3.05) is 0 Å². The molecular weight excluding hydrogens is 319 g/mol. The van der Waals surface area contributed by atoms with Crippen LogP contribution >= 0.6 is 22.6 Å². The molecule has 1 atom stereocenters. The second kappa shape index (κ2) is 6.65. The molecule has 0 radical (unpaired) electrons. The highest BCUT2D eigenvalue weighted by Crippen LogP contribution is 2.16. The van der Waals surface area contributed by atoms with Gasteiger partial charge in [-0.25, -0.2) is 0 Å². The van der Waals surface area contributed by atoms with Gasteiger partial charge in [0.1, 0.15) is 0 Å². The molecule has 16 heavy (non-hydrogen) atoms. The van der Waals surface area contributed by atoms with Crippen molar-refractivity contribution in [2.24, 2.45) is 0 Å². The van der Waals surface area contributed by atoms with Gasteiger partial charge in [0, 0.05) is 6.92 Å². The van der Waals surface area contributed by atoms with Gasteiger partial charge in [-0.15, -0.1) is 0 Å². The highest BCUT2D eigenvalue weighted by molar-refractivity contribution is 14.1. The Labute approximate surface area is 109 Å². The number of hydrogen-bond donors (Lipinski definition) is 0. The van der Waals surface area contributed by atoms with Crippen molar-refractivity contribution in [1.82, 2.24) is 0 Å². The molecule has 0 bridgehead atoms. The van der Waals surface area contributed by atoms with Crippen molar-refractivity contribution < 1.29 is 14.3 Å². The van der Waals surface area contributed by atoms with Gasteiger partial charge in [0.2, 0.25) is 6.29 Å². The predicted octanol–water partition coefficient (Wildman–Crippen LogP) is 3.04. The van der Waals surface area contributed by atoms with Crippen molar-refractivity contribution in [3.8, 4) is 0 Å². The van der Waals surface area contributed by atoms with Crippen LogP contribution in [0.15, 0.2) is 40.5 Å². The van der Waals surface area contributed by atoms with Gasteiger partial charge in [0.25, 0.3) is 0 Å². The lowest BCUT2D eigenvalue weighted by Crippen LogP contribution is -2.19. The normalized spacial score (nSPS) is 11.9. The van der Waals surface area contributed by atoms with Crippen molar-refractivity contribution in [2.45, 2.75) is 19.8 Å². The molecule has 1 unspecified atom stereocenters. The van der Waals surface area contributed by atoms with Crippen LogP contribution in [0.25, 0.3) is 0 Å². The first-order valence-electron chi connectivity index (χ1n) is 4.76. The van der Waals surface area contributed by atoms with E-state index in [0.29, 0.717) is 10.2 Å². The molecule has 1 aromatic carbocycles. The van der Waals surface area contributed by atoms with E-state index in [0.717, 1.165) is 5.56 Å². The van der Waals surface area contributed by atoms with Crippen LogP contribution in [-0.2, 0) is 20.9 Å². The average Bonchev–Trinajstić information content (AvgIpc) is 2.25. The molecule has 4 heteroatoms. The fourth-order valence-electron chi connectivity index (χ4n) is 1.09. The average molecular weight is 332 g/mol. The molecule has 0 heterocycles. The summed E-state index contributed by atoms with van der Waals surface area (Å²) in [6, 6.07) is 9.68. The van der Waals surface area contributed by atoms with E-state index in [1.807, 2.05) is 52.9 Å². The van der Waals surface area contributed by atoms with E-state index in [1.54, 1.807) is 0 Å². The minimum absolute atomic E-state index is 0.379. The molecular formula is C12H13IO3. The Morgan fingerprint density at radius 1 is 1.44 bits per heavy atom.